The smallest absolute Gasteiger partial charge is 0.173 e. The summed E-state index contributed by atoms with van der Waals surface area (Å²) in [4.78, 5) is 0. The topological polar surface area (TPSA) is 51.5 Å². The number of hydrogen-bond acceptors (Lipinski definition) is 4. The third-order valence-electron chi connectivity index (χ3n) is 4.42. The molecule has 2 aliphatic rings. The number of benzene rings is 1. The molecule has 1 aromatic carbocycles. The van der Waals surface area contributed by atoms with Gasteiger partial charge in [-0.2, -0.15) is 5.26 Å². The summed E-state index contributed by atoms with van der Waals surface area (Å²) < 4.78 is 31.3. The molecular formula is C17H20FNO3. The van der Waals surface area contributed by atoms with Crippen molar-refractivity contribution >= 4 is 0 Å². The Hall–Kier alpha value is -1.64. The highest BCUT2D eigenvalue weighted by Gasteiger charge is 2.51. The highest BCUT2D eigenvalue weighted by Crippen LogP contribution is 2.49. The van der Waals surface area contributed by atoms with Crippen LogP contribution in [0.15, 0.2) is 12.1 Å². The molecule has 22 heavy (non-hydrogen) atoms. The van der Waals surface area contributed by atoms with Crippen LogP contribution in [0.5, 0.6) is 5.75 Å². The van der Waals surface area contributed by atoms with Gasteiger partial charge < -0.3 is 14.2 Å². The van der Waals surface area contributed by atoms with Gasteiger partial charge in [-0.3, -0.25) is 0 Å². The lowest BCUT2D eigenvalue weighted by Crippen LogP contribution is -2.40. The Labute approximate surface area is 129 Å². The SMILES string of the molecule is CCc1cc(F)c(OC2CC(OC)OC3(CC3)C2)c(C#N)c1. The molecule has 2 fully saturated rings. The first-order valence-corrected chi connectivity index (χ1v) is 7.69. The van der Waals surface area contributed by atoms with Gasteiger partial charge in [0.05, 0.1) is 11.2 Å². The summed E-state index contributed by atoms with van der Waals surface area (Å²) in [5.41, 5.74) is 0.875. The average molecular weight is 305 g/mol. The first-order valence-electron chi connectivity index (χ1n) is 7.69. The van der Waals surface area contributed by atoms with Crippen LogP contribution in [-0.2, 0) is 15.9 Å². The minimum absolute atomic E-state index is 0.0530. The second-order valence-corrected chi connectivity index (χ2v) is 6.07. The molecule has 0 N–H and O–H groups in total. The molecule has 118 valence electrons. The molecule has 0 aromatic heterocycles. The van der Waals surface area contributed by atoms with E-state index in [9.17, 15) is 9.65 Å². The summed E-state index contributed by atoms with van der Waals surface area (Å²) in [6.45, 7) is 1.93. The van der Waals surface area contributed by atoms with Gasteiger partial charge in [0.25, 0.3) is 0 Å². The maximum Gasteiger partial charge on any atom is 0.173 e. The average Bonchev–Trinajstić information content (AvgIpc) is 3.26. The first kappa shape index (κ1) is 15.3. The van der Waals surface area contributed by atoms with Crippen LogP contribution in [0, 0.1) is 17.1 Å². The molecule has 1 aliphatic carbocycles. The number of halogens is 1. The van der Waals surface area contributed by atoms with E-state index >= 15 is 0 Å². The van der Waals surface area contributed by atoms with E-state index in [-0.39, 0.29) is 29.3 Å². The summed E-state index contributed by atoms with van der Waals surface area (Å²) in [5.74, 6) is -0.418. The zero-order valence-electron chi connectivity index (χ0n) is 12.9. The second kappa shape index (κ2) is 5.86. The van der Waals surface area contributed by atoms with Crippen molar-refractivity contribution in [3.05, 3.63) is 29.1 Å². The molecule has 0 bridgehead atoms. The third-order valence-corrected chi connectivity index (χ3v) is 4.42. The fraction of sp³-hybridized carbons (Fsp3) is 0.588. The van der Waals surface area contributed by atoms with E-state index in [1.807, 2.05) is 13.0 Å². The molecule has 1 spiro atoms. The summed E-state index contributed by atoms with van der Waals surface area (Å²) in [7, 11) is 1.60. The minimum Gasteiger partial charge on any atom is -0.486 e. The van der Waals surface area contributed by atoms with Crippen molar-refractivity contribution in [2.45, 2.75) is 57.0 Å². The Bertz CT molecular complexity index is 607. The summed E-state index contributed by atoms with van der Waals surface area (Å²) in [6, 6.07) is 5.17. The lowest BCUT2D eigenvalue weighted by atomic mass is 10.0. The lowest BCUT2D eigenvalue weighted by Gasteiger charge is -2.35. The Morgan fingerprint density at radius 3 is 2.82 bits per heavy atom. The van der Waals surface area contributed by atoms with E-state index in [2.05, 4.69) is 0 Å². The predicted molar refractivity (Wildman–Crippen MR) is 78.0 cm³/mol. The van der Waals surface area contributed by atoms with Crippen molar-refractivity contribution in [3.63, 3.8) is 0 Å². The first-order chi connectivity index (χ1) is 10.6. The highest BCUT2D eigenvalue weighted by molar-refractivity contribution is 5.46. The van der Waals surface area contributed by atoms with Crippen LogP contribution < -0.4 is 4.74 Å². The molecule has 2 atom stereocenters. The molecule has 0 amide bonds. The van der Waals surface area contributed by atoms with Crippen LogP contribution in [0.25, 0.3) is 0 Å². The van der Waals surface area contributed by atoms with Gasteiger partial charge >= 0.3 is 0 Å². The number of nitrogens with zero attached hydrogens (tertiary/aromatic N) is 1. The van der Waals surface area contributed by atoms with E-state index in [1.54, 1.807) is 13.2 Å². The summed E-state index contributed by atoms with van der Waals surface area (Å²) in [5, 5.41) is 9.26. The van der Waals surface area contributed by atoms with E-state index in [4.69, 9.17) is 14.2 Å². The van der Waals surface area contributed by atoms with Crippen LogP contribution in [0.3, 0.4) is 0 Å². The molecule has 0 radical (unpaired) electrons. The molecule has 1 heterocycles. The molecule has 1 saturated heterocycles. The molecule has 4 nitrogen and oxygen atoms in total. The molecule has 1 aromatic rings. The van der Waals surface area contributed by atoms with Crippen LogP contribution in [0.1, 0.15) is 43.7 Å². The number of rotatable bonds is 4. The number of methoxy groups -OCH3 is 1. The molecule has 2 unspecified atom stereocenters. The van der Waals surface area contributed by atoms with E-state index in [0.717, 1.165) is 18.4 Å². The third kappa shape index (κ3) is 2.94. The van der Waals surface area contributed by atoms with Crippen LogP contribution in [0.2, 0.25) is 0 Å². The van der Waals surface area contributed by atoms with Crippen LogP contribution in [0.4, 0.5) is 4.39 Å². The number of nitriles is 1. The van der Waals surface area contributed by atoms with Crippen LogP contribution in [-0.4, -0.2) is 25.1 Å². The van der Waals surface area contributed by atoms with Crippen molar-refractivity contribution in [1.82, 2.24) is 0 Å². The van der Waals surface area contributed by atoms with Gasteiger partial charge in [-0.05, 0) is 37.0 Å². The van der Waals surface area contributed by atoms with Crippen LogP contribution >= 0.6 is 0 Å². The molecule has 5 heteroatoms. The fourth-order valence-corrected chi connectivity index (χ4v) is 3.01. The van der Waals surface area contributed by atoms with Gasteiger partial charge in [0, 0.05) is 20.0 Å². The molecule has 3 rings (SSSR count). The minimum atomic E-state index is -0.471. The van der Waals surface area contributed by atoms with Gasteiger partial charge in [-0.1, -0.05) is 6.92 Å². The largest absolute Gasteiger partial charge is 0.486 e. The standard InChI is InChI=1S/C17H20FNO3/c1-3-11-6-12(10-19)16(14(18)7-11)21-13-8-15(20-2)22-17(9-13)4-5-17/h6-7,13,15H,3-5,8-9H2,1-2H3. The Morgan fingerprint density at radius 1 is 1.45 bits per heavy atom. The predicted octanol–water partition coefficient (Wildman–Crippen LogP) is 3.32. The summed E-state index contributed by atoms with van der Waals surface area (Å²) in [6.07, 6.45) is 3.37. The fourth-order valence-electron chi connectivity index (χ4n) is 3.01. The van der Waals surface area contributed by atoms with Crippen molar-refractivity contribution in [3.8, 4) is 11.8 Å². The normalized spacial score (nSPS) is 25.7. The Balaban J connectivity index is 1.82. The zero-order chi connectivity index (χ0) is 15.7. The van der Waals surface area contributed by atoms with Crippen molar-refractivity contribution in [2.24, 2.45) is 0 Å². The maximum atomic E-state index is 14.3. The van der Waals surface area contributed by atoms with Gasteiger partial charge in [0.15, 0.2) is 17.9 Å². The van der Waals surface area contributed by atoms with Crippen molar-refractivity contribution in [2.75, 3.05) is 7.11 Å². The number of aryl methyl sites for hydroxylation is 1. The monoisotopic (exact) mass is 305 g/mol. The van der Waals surface area contributed by atoms with E-state index in [1.165, 1.54) is 6.07 Å². The maximum absolute atomic E-state index is 14.3. The molecule has 1 saturated carbocycles. The van der Waals surface area contributed by atoms with E-state index in [0.29, 0.717) is 19.3 Å². The van der Waals surface area contributed by atoms with Gasteiger partial charge in [0.1, 0.15) is 12.2 Å². The van der Waals surface area contributed by atoms with Crippen molar-refractivity contribution < 1.29 is 18.6 Å². The van der Waals surface area contributed by atoms with Gasteiger partial charge in [-0.15, -0.1) is 0 Å². The number of ether oxygens (including phenoxy) is 3. The Morgan fingerprint density at radius 2 is 2.23 bits per heavy atom. The van der Waals surface area contributed by atoms with Gasteiger partial charge in [0.2, 0.25) is 0 Å². The quantitative estimate of drug-likeness (QED) is 0.856. The summed E-state index contributed by atoms with van der Waals surface area (Å²) >= 11 is 0. The highest BCUT2D eigenvalue weighted by atomic mass is 19.1. The lowest BCUT2D eigenvalue weighted by molar-refractivity contribution is -0.211. The Kier molecular flexibility index (Phi) is 4.07. The number of hydrogen-bond donors (Lipinski definition) is 0. The van der Waals surface area contributed by atoms with Gasteiger partial charge in [-0.25, -0.2) is 4.39 Å². The zero-order valence-corrected chi connectivity index (χ0v) is 12.9. The molecule has 1 aliphatic heterocycles. The second-order valence-electron chi connectivity index (χ2n) is 6.07. The van der Waals surface area contributed by atoms with Crippen molar-refractivity contribution in [1.29, 1.82) is 5.26 Å². The van der Waals surface area contributed by atoms with E-state index < -0.39 is 5.82 Å². The molecular weight excluding hydrogens is 285 g/mol.